The van der Waals surface area contributed by atoms with Crippen LogP contribution in [-0.4, -0.2) is 15.0 Å². The van der Waals surface area contributed by atoms with E-state index in [9.17, 15) is 17.2 Å². The predicted octanol–water partition coefficient (Wildman–Crippen LogP) is 1.75. The van der Waals surface area contributed by atoms with Gasteiger partial charge in [0.05, 0.1) is 0 Å². The Morgan fingerprint density at radius 2 is 1.84 bits per heavy atom. The highest BCUT2D eigenvalue weighted by molar-refractivity contribution is 7.89. The highest BCUT2D eigenvalue weighted by Gasteiger charge is 2.24. The molecule has 0 aliphatic heterocycles. The Labute approximate surface area is 112 Å². The van der Waals surface area contributed by atoms with Gasteiger partial charge < -0.3 is 5.73 Å². The molecule has 19 heavy (non-hydrogen) atoms. The lowest BCUT2D eigenvalue weighted by Crippen LogP contribution is -2.33. The molecule has 0 radical (unpaired) electrons. The van der Waals surface area contributed by atoms with E-state index in [1.165, 1.54) is 0 Å². The quantitative estimate of drug-likeness (QED) is 0.888. The number of sulfonamides is 1. The van der Waals surface area contributed by atoms with E-state index in [1.807, 2.05) is 20.8 Å². The largest absolute Gasteiger partial charge is 0.326 e. The first-order valence-corrected chi connectivity index (χ1v) is 7.23. The van der Waals surface area contributed by atoms with Crippen LogP contribution >= 0.6 is 0 Å². The highest BCUT2D eigenvalue weighted by atomic mass is 32.2. The zero-order chi connectivity index (χ0) is 14.8. The molecule has 0 saturated heterocycles. The van der Waals surface area contributed by atoms with Gasteiger partial charge in [-0.1, -0.05) is 20.8 Å². The van der Waals surface area contributed by atoms with E-state index in [-0.39, 0.29) is 12.0 Å². The summed E-state index contributed by atoms with van der Waals surface area (Å²) in [7, 11) is -4.02. The third-order valence-electron chi connectivity index (χ3n) is 2.44. The Hall–Kier alpha value is -1.05. The van der Waals surface area contributed by atoms with Gasteiger partial charge in [0.1, 0.15) is 10.7 Å². The molecule has 0 amide bonds. The molecule has 7 heteroatoms. The Bertz CT molecular complexity index is 566. The first-order valence-electron chi connectivity index (χ1n) is 5.75. The van der Waals surface area contributed by atoms with Crippen LogP contribution in [0.25, 0.3) is 0 Å². The maximum atomic E-state index is 13.9. The van der Waals surface area contributed by atoms with E-state index >= 15 is 0 Å². The van der Waals surface area contributed by atoms with Crippen LogP contribution in [0, 0.1) is 17.0 Å². The number of halogens is 2. The molecule has 1 aromatic carbocycles. The normalized spacial score (nSPS) is 12.7. The van der Waals surface area contributed by atoms with Crippen LogP contribution in [0.4, 0.5) is 8.78 Å². The molecule has 0 aromatic heterocycles. The molecule has 0 heterocycles. The van der Waals surface area contributed by atoms with Gasteiger partial charge in [-0.25, -0.2) is 21.9 Å². The molecular formula is C12H18F2N2O2S. The third kappa shape index (κ3) is 3.95. The van der Waals surface area contributed by atoms with Crippen molar-refractivity contribution in [3.05, 3.63) is 29.3 Å². The third-order valence-corrected chi connectivity index (χ3v) is 3.86. The maximum absolute atomic E-state index is 13.9. The maximum Gasteiger partial charge on any atom is 0.243 e. The minimum absolute atomic E-state index is 0.143. The van der Waals surface area contributed by atoms with Crippen molar-refractivity contribution in [1.82, 2.24) is 4.72 Å². The van der Waals surface area contributed by atoms with Gasteiger partial charge in [-0.15, -0.1) is 0 Å². The number of nitrogens with two attached hydrogens (primary N) is 1. The van der Waals surface area contributed by atoms with E-state index < -0.39 is 38.7 Å². The Balaban J connectivity index is 3.16. The van der Waals surface area contributed by atoms with Gasteiger partial charge in [-0.05, 0) is 17.5 Å². The molecule has 1 aromatic rings. The van der Waals surface area contributed by atoms with Gasteiger partial charge in [0.15, 0.2) is 5.82 Å². The fraction of sp³-hybridized carbons (Fsp3) is 0.500. The van der Waals surface area contributed by atoms with Gasteiger partial charge in [0, 0.05) is 18.7 Å². The zero-order valence-electron chi connectivity index (χ0n) is 11.1. The molecule has 0 spiro atoms. The van der Waals surface area contributed by atoms with Gasteiger partial charge in [0.2, 0.25) is 10.0 Å². The zero-order valence-corrected chi connectivity index (χ0v) is 11.9. The summed E-state index contributed by atoms with van der Waals surface area (Å²) < 4.78 is 53.4. The first kappa shape index (κ1) is 16.0. The van der Waals surface area contributed by atoms with Crippen LogP contribution in [0.1, 0.15) is 26.3 Å². The smallest absolute Gasteiger partial charge is 0.243 e. The molecule has 108 valence electrons. The van der Waals surface area contributed by atoms with Crippen molar-refractivity contribution in [2.45, 2.75) is 32.2 Å². The summed E-state index contributed by atoms with van der Waals surface area (Å²) in [5.41, 5.74) is 4.49. The summed E-state index contributed by atoms with van der Waals surface area (Å²) in [6, 6.07) is 1.80. The van der Waals surface area contributed by atoms with Crippen molar-refractivity contribution in [2.75, 3.05) is 6.54 Å². The average Bonchev–Trinajstić information content (AvgIpc) is 2.26. The minimum Gasteiger partial charge on any atom is -0.326 e. The van der Waals surface area contributed by atoms with Crippen molar-refractivity contribution >= 4 is 10.0 Å². The Kier molecular flexibility index (Phi) is 4.65. The molecule has 1 rings (SSSR count). The number of rotatable bonds is 4. The van der Waals surface area contributed by atoms with Crippen LogP contribution in [-0.2, 0) is 16.6 Å². The molecule has 0 saturated carbocycles. The summed E-state index contributed by atoms with van der Waals surface area (Å²) >= 11 is 0. The lowest BCUT2D eigenvalue weighted by Gasteiger charge is -2.19. The average molecular weight is 292 g/mol. The number of hydrogen-bond donors (Lipinski definition) is 2. The van der Waals surface area contributed by atoms with Crippen LogP contribution in [0.3, 0.4) is 0 Å². The molecule has 3 N–H and O–H groups in total. The van der Waals surface area contributed by atoms with Crippen LogP contribution in [0.2, 0.25) is 0 Å². The van der Waals surface area contributed by atoms with E-state index in [4.69, 9.17) is 5.73 Å². The summed E-state index contributed by atoms with van der Waals surface area (Å²) in [5, 5.41) is 0. The topological polar surface area (TPSA) is 72.2 Å². The fourth-order valence-electron chi connectivity index (χ4n) is 1.36. The summed E-state index contributed by atoms with van der Waals surface area (Å²) in [5.74, 6) is -1.99. The van der Waals surface area contributed by atoms with E-state index in [0.717, 1.165) is 12.1 Å². The summed E-state index contributed by atoms with van der Waals surface area (Å²) in [4.78, 5) is -0.585. The van der Waals surface area contributed by atoms with E-state index in [1.54, 1.807) is 0 Å². The van der Waals surface area contributed by atoms with Gasteiger partial charge in [-0.3, -0.25) is 0 Å². The molecule has 0 aliphatic rings. The lowest BCUT2D eigenvalue weighted by molar-refractivity contribution is 0.407. The van der Waals surface area contributed by atoms with Crippen LogP contribution in [0.15, 0.2) is 17.0 Å². The van der Waals surface area contributed by atoms with Crippen molar-refractivity contribution in [2.24, 2.45) is 11.1 Å². The second-order valence-electron chi connectivity index (χ2n) is 5.43. The number of hydrogen-bond acceptors (Lipinski definition) is 3. The predicted molar refractivity (Wildman–Crippen MR) is 68.9 cm³/mol. The minimum atomic E-state index is -4.02. The second kappa shape index (κ2) is 5.52. The van der Waals surface area contributed by atoms with Crippen molar-refractivity contribution in [3.8, 4) is 0 Å². The van der Waals surface area contributed by atoms with Gasteiger partial charge >= 0.3 is 0 Å². The molecule has 0 bridgehead atoms. The van der Waals surface area contributed by atoms with Crippen molar-refractivity contribution in [3.63, 3.8) is 0 Å². The molecule has 0 fully saturated rings. The van der Waals surface area contributed by atoms with E-state index in [2.05, 4.69) is 4.72 Å². The molecule has 0 unspecified atom stereocenters. The van der Waals surface area contributed by atoms with Crippen LogP contribution < -0.4 is 10.5 Å². The highest BCUT2D eigenvalue weighted by Crippen LogP contribution is 2.21. The molecular weight excluding hydrogens is 274 g/mol. The standard InChI is InChI=1S/C12H18F2N2O2S/c1-12(2,3)7-16-19(17,18)10-5-4-9(13)8(6-15)11(10)14/h4-5,16H,6-7,15H2,1-3H3. The second-order valence-corrected chi connectivity index (χ2v) is 7.16. The number of nitrogens with one attached hydrogen (secondary N) is 1. The lowest BCUT2D eigenvalue weighted by atomic mass is 9.98. The SMILES string of the molecule is CC(C)(C)CNS(=O)(=O)c1ccc(F)c(CN)c1F. The number of benzene rings is 1. The van der Waals surface area contributed by atoms with Gasteiger partial charge in [-0.2, -0.15) is 0 Å². The Morgan fingerprint density at radius 1 is 1.26 bits per heavy atom. The van der Waals surface area contributed by atoms with Crippen LogP contribution in [0.5, 0.6) is 0 Å². The summed E-state index contributed by atoms with van der Waals surface area (Å²) in [6.07, 6.45) is 0. The molecule has 4 nitrogen and oxygen atoms in total. The van der Waals surface area contributed by atoms with E-state index in [0.29, 0.717) is 0 Å². The van der Waals surface area contributed by atoms with Gasteiger partial charge in [0.25, 0.3) is 0 Å². The Morgan fingerprint density at radius 3 is 2.32 bits per heavy atom. The first-order chi connectivity index (χ1) is 8.58. The monoisotopic (exact) mass is 292 g/mol. The summed E-state index contributed by atoms with van der Waals surface area (Å²) in [6.45, 7) is 5.25. The molecule has 0 aliphatic carbocycles. The van der Waals surface area contributed by atoms with Crippen molar-refractivity contribution < 1.29 is 17.2 Å². The fourth-order valence-corrected chi connectivity index (χ4v) is 2.74. The van der Waals surface area contributed by atoms with Crippen molar-refractivity contribution in [1.29, 1.82) is 0 Å². The molecule has 0 atom stereocenters.